The van der Waals surface area contributed by atoms with E-state index in [-0.39, 0.29) is 16.0 Å². The molecule has 10 heteroatoms. The van der Waals surface area contributed by atoms with Crippen LogP contribution in [0.5, 0.6) is 0 Å². The minimum Gasteiger partial charge on any atom is -0.478 e. The van der Waals surface area contributed by atoms with Gasteiger partial charge in [-0.15, -0.1) is 0 Å². The smallest absolute Gasteiger partial charge is 0.336 e. The van der Waals surface area contributed by atoms with E-state index < -0.39 is 21.9 Å². The van der Waals surface area contributed by atoms with Gasteiger partial charge in [0, 0.05) is 30.4 Å². The van der Waals surface area contributed by atoms with Gasteiger partial charge in [0.1, 0.15) is 0 Å². The van der Waals surface area contributed by atoms with E-state index in [0.29, 0.717) is 22.6 Å². The molecule has 4 rings (SSSR count). The fourth-order valence-corrected chi connectivity index (χ4v) is 5.33. The van der Waals surface area contributed by atoms with Crippen LogP contribution >= 0.6 is 0 Å². The van der Waals surface area contributed by atoms with Crippen LogP contribution in [0.25, 0.3) is 22.0 Å². The Morgan fingerprint density at radius 1 is 0.900 bits per heavy atom. The molecule has 208 valence electrons. The molecule has 0 aliphatic carbocycles. The Bertz CT molecular complexity index is 1630. The lowest BCUT2D eigenvalue weighted by atomic mass is 10.0. The summed E-state index contributed by atoms with van der Waals surface area (Å²) in [5.41, 5.74) is 0.425. The van der Waals surface area contributed by atoms with E-state index in [2.05, 4.69) is 33.4 Å². The molecular formula is C30H32N4O5S. The topological polar surface area (TPSA) is 130 Å². The van der Waals surface area contributed by atoms with Gasteiger partial charge in [-0.25, -0.2) is 27.9 Å². The Morgan fingerprint density at radius 2 is 1.60 bits per heavy atom. The number of carboxylic acid groups (broad SMARTS) is 1. The molecule has 0 unspecified atom stereocenters. The van der Waals surface area contributed by atoms with E-state index in [4.69, 9.17) is 0 Å². The summed E-state index contributed by atoms with van der Waals surface area (Å²) in [5, 5.41) is 11.5. The van der Waals surface area contributed by atoms with Crippen LogP contribution in [0.3, 0.4) is 0 Å². The highest BCUT2D eigenvalue weighted by molar-refractivity contribution is 7.90. The molecule has 0 saturated carbocycles. The molecule has 0 radical (unpaired) electrons. The number of rotatable bonds is 12. The Labute approximate surface area is 234 Å². The maximum Gasteiger partial charge on any atom is 0.336 e. The molecule has 0 atom stereocenters. The van der Waals surface area contributed by atoms with Crippen molar-refractivity contribution in [2.75, 3.05) is 18.0 Å². The van der Waals surface area contributed by atoms with Gasteiger partial charge in [-0.05, 0) is 53.9 Å². The number of carbonyl (C=O) groups excluding carboxylic acids is 1. The zero-order valence-corrected chi connectivity index (χ0v) is 23.3. The van der Waals surface area contributed by atoms with Crippen LogP contribution in [0.2, 0.25) is 0 Å². The first-order chi connectivity index (χ1) is 19.2. The molecule has 0 spiro atoms. The number of nitrogens with one attached hydrogen (secondary N) is 1. The van der Waals surface area contributed by atoms with Gasteiger partial charge in [0.2, 0.25) is 5.95 Å². The third-order valence-electron chi connectivity index (χ3n) is 6.54. The number of anilines is 1. The van der Waals surface area contributed by atoms with Crippen LogP contribution in [0.4, 0.5) is 5.95 Å². The van der Waals surface area contributed by atoms with E-state index in [1.807, 2.05) is 12.1 Å². The molecule has 1 aromatic heterocycles. The number of unbranched alkanes of at least 4 members (excludes halogenated alkanes) is 2. The first-order valence-electron chi connectivity index (χ1n) is 13.2. The second kappa shape index (κ2) is 12.7. The van der Waals surface area contributed by atoms with Crippen molar-refractivity contribution in [2.24, 2.45) is 0 Å². The van der Waals surface area contributed by atoms with Crippen LogP contribution in [0.15, 0.2) is 77.8 Å². The summed E-state index contributed by atoms with van der Waals surface area (Å²) in [7, 11) is -4.20. The molecule has 0 aliphatic heterocycles. The highest BCUT2D eigenvalue weighted by Gasteiger charge is 2.22. The fraction of sp³-hybridized carbons (Fsp3) is 0.267. The Morgan fingerprint density at radius 3 is 2.27 bits per heavy atom. The van der Waals surface area contributed by atoms with E-state index in [0.717, 1.165) is 50.2 Å². The van der Waals surface area contributed by atoms with Crippen molar-refractivity contribution in [3.63, 3.8) is 0 Å². The number of aromatic carboxylic acids is 1. The molecule has 9 nitrogen and oxygen atoms in total. The lowest BCUT2D eigenvalue weighted by Gasteiger charge is -2.22. The second-order valence-electron chi connectivity index (χ2n) is 9.45. The summed E-state index contributed by atoms with van der Waals surface area (Å²) in [6.45, 7) is 5.80. The lowest BCUT2D eigenvalue weighted by molar-refractivity contribution is 0.0697. The number of carbonyl (C=O) groups is 2. The van der Waals surface area contributed by atoms with E-state index in [9.17, 15) is 23.1 Å². The van der Waals surface area contributed by atoms with Crippen LogP contribution in [-0.2, 0) is 10.0 Å². The third-order valence-corrected chi connectivity index (χ3v) is 7.86. The molecular weight excluding hydrogens is 528 g/mol. The van der Waals surface area contributed by atoms with Gasteiger partial charge in [0.15, 0.2) is 0 Å². The standard InChI is InChI=1S/C30H32N4O5S/c1-3-5-17-34(18-6-4-2)30-31-16-15-27(32-30)25-14-12-23(20-26(25)29(36)37)28(35)33-40(38,39)24-13-11-21-9-7-8-10-22(21)19-24/h7-16,19-20H,3-6,17-18H2,1-2H3,(H,33,35)(H,36,37). The van der Waals surface area contributed by atoms with E-state index >= 15 is 0 Å². The first-order valence-corrected chi connectivity index (χ1v) is 14.7. The molecule has 40 heavy (non-hydrogen) atoms. The predicted octanol–water partition coefficient (Wildman–Crippen LogP) is 5.52. The van der Waals surface area contributed by atoms with Gasteiger partial charge >= 0.3 is 5.97 Å². The maximum absolute atomic E-state index is 12.9. The number of carboxylic acids is 1. The van der Waals surface area contributed by atoms with Crippen molar-refractivity contribution in [2.45, 2.75) is 44.4 Å². The van der Waals surface area contributed by atoms with Crippen LogP contribution in [0, 0.1) is 0 Å². The zero-order valence-electron chi connectivity index (χ0n) is 22.5. The molecule has 0 fully saturated rings. The number of hydrogen-bond donors (Lipinski definition) is 2. The first kappa shape index (κ1) is 28.7. The van der Waals surface area contributed by atoms with Crippen molar-refractivity contribution in [3.8, 4) is 11.3 Å². The fourth-order valence-electron chi connectivity index (χ4n) is 4.32. The van der Waals surface area contributed by atoms with Gasteiger partial charge in [0.05, 0.1) is 16.2 Å². The van der Waals surface area contributed by atoms with Crippen molar-refractivity contribution in [1.82, 2.24) is 14.7 Å². The third kappa shape index (κ3) is 6.63. The van der Waals surface area contributed by atoms with Gasteiger partial charge in [-0.1, -0.05) is 63.1 Å². The molecule has 0 aliphatic rings. The van der Waals surface area contributed by atoms with Crippen molar-refractivity contribution in [3.05, 3.63) is 84.1 Å². The number of nitrogens with zero attached hydrogens (tertiary/aromatic N) is 3. The molecule has 1 heterocycles. The van der Waals surface area contributed by atoms with Crippen LogP contribution in [-0.4, -0.2) is 48.5 Å². The molecule has 1 amide bonds. The molecule has 3 aromatic carbocycles. The summed E-state index contributed by atoms with van der Waals surface area (Å²) in [4.78, 5) is 36.2. The normalized spacial score (nSPS) is 11.3. The second-order valence-corrected chi connectivity index (χ2v) is 11.1. The summed E-state index contributed by atoms with van der Waals surface area (Å²) in [6.07, 6.45) is 5.58. The highest BCUT2D eigenvalue weighted by atomic mass is 32.2. The summed E-state index contributed by atoms with van der Waals surface area (Å²) < 4.78 is 27.9. The molecule has 4 aromatic rings. The van der Waals surface area contributed by atoms with Gasteiger partial charge < -0.3 is 10.0 Å². The Balaban J connectivity index is 1.62. The Hall–Kier alpha value is -4.31. The SMILES string of the molecule is CCCCN(CCCC)c1nccc(-c2ccc(C(=O)NS(=O)(=O)c3ccc4ccccc4c3)cc2C(=O)O)n1. The Kier molecular flexibility index (Phi) is 9.11. The monoisotopic (exact) mass is 560 g/mol. The highest BCUT2D eigenvalue weighted by Crippen LogP contribution is 2.26. The van der Waals surface area contributed by atoms with E-state index in [1.54, 1.807) is 30.5 Å². The largest absolute Gasteiger partial charge is 0.478 e. The van der Waals surface area contributed by atoms with Gasteiger partial charge in [-0.3, -0.25) is 4.79 Å². The molecule has 0 saturated heterocycles. The van der Waals surface area contributed by atoms with Crippen molar-refractivity contribution in [1.29, 1.82) is 0 Å². The molecule has 2 N–H and O–H groups in total. The van der Waals surface area contributed by atoms with Gasteiger partial charge in [-0.2, -0.15) is 0 Å². The lowest BCUT2D eigenvalue weighted by Crippen LogP contribution is -2.30. The summed E-state index contributed by atoms with van der Waals surface area (Å²) in [5.74, 6) is -1.69. The van der Waals surface area contributed by atoms with Crippen molar-refractivity contribution >= 4 is 38.6 Å². The molecule has 0 bridgehead atoms. The minimum atomic E-state index is -4.20. The number of sulfonamides is 1. The predicted molar refractivity (Wildman–Crippen MR) is 155 cm³/mol. The number of benzene rings is 3. The van der Waals surface area contributed by atoms with Gasteiger partial charge in [0.25, 0.3) is 15.9 Å². The van der Waals surface area contributed by atoms with Crippen molar-refractivity contribution < 1.29 is 23.1 Å². The average Bonchev–Trinajstić information content (AvgIpc) is 2.96. The number of amides is 1. The summed E-state index contributed by atoms with van der Waals surface area (Å²) >= 11 is 0. The van der Waals surface area contributed by atoms with Crippen LogP contribution < -0.4 is 9.62 Å². The van der Waals surface area contributed by atoms with Crippen LogP contribution in [0.1, 0.15) is 60.2 Å². The average molecular weight is 561 g/mol. The number of hydrogen-bond acceptors (Lipinski definition) is 7. The maximum atomic E-state index is 12.9. The quantitative estimate of drug-likeness (QED) is 0.232. The summed E-state index contributed by atoms with van der Waals surface area (Å²) in [6, 6.07) is 17.5. The number of fused-ring (bicyclic) bond motifs is 1. The van der Waals surface area contributed by atoms with E-state index in [1.165, 1.54) is 24.3 Å². The minimum absolute atomic E-state index is 0.0705. The zero-order chi connectivity index (χ0) is 28.7. The number of aromatic nitrogens is 2.